The van der Waals surface area contributed by atoms with Crippen LogP contribution in [-0.2, 0) is 11.2 Å². The molecule has 2 atom stereocenters. The van der Waals surface area contributed by atoms with E-state index in [1.807, 2.05) is 6.07 Å². The first-order valence-corrected chi connectivity index (χ1v) is 8.32. The van der Waals surface area contributed by atoms with Crippen molar-refractivity contribution in [2.45, 2.75) is 37.8 Å². The summed E-state index contributed by atoms with van der Waals surface area (Å²) in [5.41, 5.74) is 2.61. The van der Waals surface area contributed by atoms with Crippen LogP contribution in [-0.4, -0.2) is 48.8 Å². The summed E-state index contributed by atoms with van der Waals surface area (Å²) in [6, 6.07) is 7.55. The molecule has 0 radical (unpaired) electrons. The highest BCUT2D eigenvalue weighted by Crippen LogP contribution is 2.30. The second-order valence-electron chi connectivity index (χ2n) is 6.48. The van der Waals surface area contributed by atoms with Crippen LogP contribution in [0.2, 0.25) is 0 Å². The summed E-state index contributed by atoms with van der Waals surface area (Å²) in [7, 11) is 1.73. The molecule has 118 valence electrons. The van der Waals surface area contributed by atoms with Gasteiger partial charge in [-0.15, -0.1) is 0 Å². The van der Waals surface area contributed by atoms with E-state index in [9.17, 15) is 0 Å². The maximum atomic E-state index is 5.59. The van der Waals surface area contributed by atoms with Gasteiger partial charge in [0.2, 0.25) is 0 Å². The zero-order valence-electron chi connectivity index (χ0n) is 13.2. The molecule has 0 spiro atoms. The van der Waals surface area contributed by atoms with Crippen LogP contribution in [0.5, 0.6) is 5.75 Å². The first-order chi connectivity index (χ1) is 10.8. The van der Waals surface area contributed by atoms with E-state index in [1.165, 1.54) is 42.3 Å². The van der Waals surface area contributed by atoms with Crippen LogP contribution >= 0.6 is 0 Å². The molecule has 4 nitrogen and oxygen atoms in total. The number of ether oxygens (including phenoxy) is 2. The third kappa shape index (κ3) is 2.50. The molecule has 2 aliphatic rings. The Morgan fingerprint density at radius 2 is 2.32 bits per heavy atom. The number of likely N-dealkylation sites (tertiary alicyclic amines) is 1. The molecule has 2 saturated heterocycles. The molecule has 0 saturated carbocycles. The van der Waals surface area contributed by atoms with Crippen LogP contribution in [0.4, 0.5) is 0 Å². The van der Waals surface area contributed by atoms with E-state index in [0.29, 0.717) is 12.1 Å². The Hall–Kier alpha value is -1.52. The minimum atomic E-state index is 0.632. The normalized spacial score (nSPS) is 26.0. The van der Waals surface area contributed by atoms with Crippen LogP contribution in [0.15, 0.2) is 24.4 Å². The highest BCUT2D eigenvalue weighted by Gasteiger charge is 2.33. The van der Waals surface area contributed by atoms with Gasteiger partial charge in [-0.1, -0.05) is 0 Å². The van der Waals surface area contributed by atoms with Gasteiger partial charge >= 0.3 is 0 Å². The molecule has 22 heavy (non-hydrogen) atoms. The molecular formula is C18H24N2O2. The van der Waals surface area contributed by atoms with E-state index in [4.69, 9.17) is 9.47 Å². The number of aromatic nitrogens is 1. The summed E-state index contributed by atoms with van der Waals surface area (Å²) < 4.78 is 11.0. The molecule has 2 aromatic rings. The Kier molecular flexibility index (Phi) is 3.80. The summed E-state index contributed by atoms with van der Waals surface area (Å²) in [5.74, 6) is 0.931. The number of fused-ring (bicyclic) bond motifs is 1. The predicted molar refractivity (Wildman–Crippen MR) is 87.5 cm³/mol. The lowest BCUT2D eigenvalue weighted by molar-refractivity contribution is 0.135. The van der Waals surface area contributed by atoms with E-state index < -0.39 is 0 Å². The summed E-state index contributed by atoms with van der Waals surface area (Å²) in [4.78, 5) is 6.09. The summed E-state index contributed by atoms with van der Waals surface area (Å²) in [5, 5.41) is 1.30. The second-order valence-corrected chi connectivity index (χ2v) is 6.48. The molecule has 3 heterocycles. The van der Waals surface area contributed by atoms with Crippen molar-refractivity contribution in [3.05, 3.63) is 30.0 Å². The average molecular weight is 300 g/mol. The minimum Gasteiger partial charge on any atom is -0.497 e. The molecule has 2 fully saturated rings. The Bertz CT molecular complexity index is 646. The molecule has 1 aromatic carbocycles. The van der Waals surface area contributed by atoms with E-state index >= 15 is 0 Å². The molecule has 4 heteroatoms. The first-order valence-electron chi connectivity index (χ1n) is 8.32. The maximum absolute atomic E-state index is 5.59. The first kappa shape index (κ1) is 14.1. The lowest BCUT2D eigenvalue weighted by atomic mass is 10.0. The van der Waals surface area contributed by atoms with Gasteiger partial charge in [0, 0.05) is 35.8 Å². The number of nitrogens with zero attached hydrogens (tertiary/aromatic N) is 1. The lowest BCUT2D eigenvalue weighted by Gasteiger charge is -2.29. The largest absolute Gasteiger partial charge is 0.497 e. The highest BCUT2D eigenvalue weighted by atomic mass is 16.5. The van der Waals surface area contributed by atoms with Gasteiger partial charge in [0.15, 0.2) is 0 Å². The highest BCUT2D eigenvalue weighted by molar-refractivity contribution is 5.84. The van der Waals surface area contributed by atoms with Crippen molar-refractivity contribution in [1.82, 2.24) is 9.88 Å². The average Bonchev–Trinajstić information content (AvgIpc) is 3.27. The molecule has 1 N–H and O–H groups in total. The van der Waals surface area contributed by atoms with Crippen molar-refractivity contribution < 1.29 is 9.47 Å². The van der Waals surface area contributed by atoms with E-state index in [1.54, 1.807) is 7.11 Å². The molecule has 0 unspecified atom stereocenters. The lowest BCUT2D eigenvalue weighted by Crippen LogP contribution is -2.40. The number of aromatic amines is 1. The monoisotopic (exact) mass is 300 g/mol. The Morgan fingerprint density at radius 3 is 3.14 bits per heavy atom. The van der Waals surface area contributed by atoms with Gasteiger partial charge in [-0.05, 0) is 56.0 Å². The standard InChI is InChI=1S/C18H24N2O2/c1-21-16-4-5-18-17(10-16)13(11-19-18)9-14-3-2-7-20(14)15-6-8-22-12-15/h4-5,10-11,14-15,19H,2-3,6-9,12H2,1H3/t14-,15+/m1/s1. The fourth-order valence-electron chi connectivity index (χ4n) is 4.05. The van der Waals surface area contributed by atoms with E-state index in [-0.39, 0.29) is 0 Å². The number of methoxy groups -OCH3 is 1. The Morgan fingerprint density at radius 1 is 1.36 bits per heavy atom. The van der Waals surface area contributed by atoms with Gasteiger partial charge in [-0.2, -0.15) is 0 Å². The zero-order valence-corrected chi connectivity index (χ0v) is 13.2. The quantitative estimate of drug-likeness (QED) is 0.943. The van der Waals surface area contributed by atoms with Crippen molar-refractivity contribution in [1.29, 1.82) is 0 Å². The number of H-pyrrole nitrogens is 1. The molecule has 0 amide bonds. The molecule has 0 bridgehead atoms. The minimum absolute atomic E-state index is 0.632. The third-order valence-electron chi connectivity index (χ3n) is 5.23. The van der Waals surface area contributed by atoms with Gasteiger partial charge in [0.1, 0.15) is 5.75 Å². The number of hydrogen-bond acceptors (Lipinski definition) is 3. The summed E-state index contributed by atoms with van der Waals surface area (Å²) >= 11 is 0. The van der Waals surface area contributed by atoms with Crippen molar-refractivity contribution in [3.8, 4) is 5.75 Å². The van der Waals surface area contributed by atoms with E-state index in [0.717, 1.165) is 25.4 Å². The van der Waals surface area contributed by atoms with Crippen molar-refractivity contribution in [2.24, 2.45) is 0 Å². The zero-order chi connectivity index (χ0) is 14.9. The van der Waals surface area contributed by atoms with Gasteiger partial charge in [0.05, 0.1) is 13.7 Å². The van der Waals surface area contributed by atoms with Gasteiger partial charge < -0.3 is 14.5 Å². The molecule has 0 aliphatic carbocycles. The maximum Gasteiger partial charge on any atom is 0.119 e. The van der Waals surface area contributed by atoms with Gasteiger partial charge in [0.25, 0.3) is 0 Å². The van der Waals surface area contributed by atoms with Crippen LogP contribution in [0.3, 0.4) is 0 Å². The number of hydrogen-bond donors (Lipinski definition) is 1. The predicted octanol–water partition coefficient (Wildman–Crippen LogP) is 2.97. The van der Waals surface area contributed by atoms with Gasteiger partial charge in [-0.25, -0.2) is 0 Å². The summed E-state index contributed by atoms with van der Waals surface area (Å²) in [6.07, 6.45) is 7.09. The second kappa shape index (κ2) is 5.94. The smallest absolute Gasteiger partial charge is 0.119 e. The van der Waals surface area contributed by atoms with Crippen LogP contribution in [0.1, 0.15) is 24.8 Å². The van der Waals surface area contributed by atoms with Crippen molar-refractivity contribution in [2.75, 3.05) is 26.9 Å². The third-order valence-corrected chi connectivity index (χ3v) is 5.23. The Labute approximate surface area is 131 Å². The number of nitrogens with one attached hydrogen (secondary N) is 1. The number of benzene rings is 1. The number of rotatable bonds is 4. The van der Waals surface area contributed by atoms with Crippen LogP contribution < -0.4 is 4.74 Å². The van der Waals surface area contributed by atoms with Crippen molar-refractivity contribution >= 4 is 10.9 Å². The van der Waals surface area contributed by atoms with Crippen LogP contribution in [0.25, 0.3) is 10.9 Å². The fourth-order valence-corrected chi connectivity index (χ4v) is 4.05. The fraction of sp³-hybridized carbons (Fsp3) is 0.556. The topological polar surface area (TPSA) is 37.5 Å². The Balaban J connectivity index is 1.57. The molecule has 2 aliphatic heterocycles. The van der Waals surface area contributed by atoms with Crippen LogP contribution in [0, 0.1) is 0 Å². The SMILES string of the molecule is COc1ccc2[nH]cc(C[C@H]3CCCN3[C@H]3CCOC3)c2c1. The van der Waals surface area contributed by atoms with Crippen molar-refractivity contribution in [3.63, 3.8) is 0 Å². The molecule has 1 aromatic heterocycles. The molecular weight excluding hydrogens is 276 g/mol. The van der Waals surface area contributed by atoms with Gasteiger partial charge in [-0.3, -0.25) is 4.90 Å². The molecule has 4 rings (SSSR count). The van der Waals surface area contributed by atoms with E-state index in [2.05, 4.69) is 28.2 Å². The summed E-state index contributed by atoms with van der Waals surface area (Å²) in [6.45, 7) is 3.07.